The summed E-state index contributed by atoms with van der Waals surface area (Å²) < 4.78 is 15.6. The first kappa shape index (κ1) is 35.4. The second kappa shape index (κ2) is 13.1. The Hall–Kier alpha value is -7.40. The van der Waals surface area contributed by atoms with Crippen LogP contribution in [-0.2, 0) is 5.41 Å². The molecule has 0 saturated heterocycles. The second-order valence-corrected chi connectivity index (χ2v) is 18.7. The monoisotopic (exact) mass is 813 g/mol. The van der Waals surface area contributed by atoms with E-state index in [2.05, 4.69) is 196 Å². The van der Waals surface area contributed by atoms with Crippen LogP contribution in [0.3, 0.4) is 0 Å². The van der Waals surface area contributed by atoms with Gasteiger partial charge in [-0.25, -0.2) is 0 Å². The molecule has 0 fully saturated rings. The van der Waals surface area contributed by atoms with Crippen molar-refractivity contribution >= 4 is 125 Å². The van der Waals surface area contributed by atoms with Crippen LogP contribution in [0, 0.1) is 0 Å². The van der Waals surface area contributed by atoms with Gasteiger partial charge in [-0.1, -0.05) is 142 Å². The third-order valence-corrected chi connectivity index (χ3v) is 14.2. The van der Waals surface area contributed by atoms with Crippen LogP contribution in [0.25, 0.3) is 107 Å². The first-order valence-corrected chi connectivity index (χ1v) is 22.1. The molecule has 0 atom stereocenters. The number of hydrogen-bond donors (Lipinski definition) is 0. The van der Waals surface area contributed by atoms with Gasteiger partial charge in [0.05, 0.1) is 10.4 Å². The van der Waals surface area contributed by atoms with Crippen molar-refractivity contribution in [2.75, 3.05) is 4.90 Å². The summed E-state index contributed by atoms with van der Waals surface area (Å²) >= 11 is 1.87. The molecule has 0 N–H and O–H groups in total. The maximum Gasteiger partial charge on any atom is 0.143 e. The van der Waals surface area contributed by atoms with Crippen LogP contribution in [-0.4, -0.2) is 0 Å². The minimum atomic E-state index is 0.0828. The van der Waals surface area contributed by atoms with E-state index in [1.54, 1.807) is 0 Å². The van der Waals surface area contributed by atoms with Crippen LogP contribution < -0.4 is 4.90 Å². The fourth-order valence-electron chi connectivity index (χ4n) is 9.94. The molecular weight excluding hydrogens is 775 g/mol. The highest BCUT2D eigenvalue weighted by molar-refractivity contribution is 7.26. The van der Waals surface area contributed by atoms with Crippen LogP contribution in [0.15, 0.2) is 191 Å². The number of thiophene rings is 1. The summed E-state index contributed by atoms with van der Waals surface area (Å²) in [5, 5.41) is 14.6. The SMILES string of the molecule is CC(C)(C)c1ccc(-c2cccc3c2oc2ccc(N(c4ccc5oc6ccccc6c5c4)c4cccc5c4sc4cc6c7ccccc7c7ccccc7c6cc45)cc23)cc1. The van der Waals surface area contributed by atoms with Crippen molar-refractivity contribution in [1.82, 2.24) is 0 Å². The van der Waals surface area contributed by atoms with Crippen molar-refractivity contribution in [3.05, 3.63) is 188 Å². The molecular formula is C58H39NO2S. The first-order chi connectivity index (χ1) is 30.4. The molecule has 4 heteroatoms. The van der Waals surface area contributed by atoms with Crippen molar-refractivity contribution in [2.24, 2.45) is 0 Å². The maximum absolute atomic E-state index is 6.76. The van der Waals surface area contributed by atoms with Gasteiger partial charge in [-0.05, 0) is 110 Å². The van der Waals surface area contributed by atoms with Crippen molar-refractivity contribution in [2.45, 2.75) is 26.2 Å². The molecule has 0 saturated carbocycles. The molecule has 0 unspecified atom stereocenters. The van der Waals surface area contributed by atoms with Crippen LogP contribution in [0.4, 0.5) is 17.1 Å². The molecule has 3 heterocycles. The Labute approximate surface area is 361 Å². The number of anilines is 3. The van der Waals surface area contributed by atoms with E-state index in [1.165, 1.54) is 58.1 Å². The summed E-state index contributed by atoms with van der Waals surface area (Å²) in [5.41, 5.74) is 10.4. The van der Waals surface area contributed by atoms with E-state index in [0.29, 0.717) is 0 Å². The third-order valence-electron chi connectivity index (χ3n) is 13.0. The molecule has 0 radical (unpaired) electrons. The Bertz CT molecular complexity index is 3970. The predicted molar refractivity (Wildman–Crippen MR) is 265 cm³/mol. The van der Waals surface area contributed by atoms with E-state index in [-0.39, 0.29) is 5.41 Å². The molecule has 3 aromatic heterocycles. The summed E-state index contributed by atoms with van der Waals surface area (Å²) in [7, 11) is 0. The molecule has 10 aromatic carbocycles. The number of hydrogen-bond acceptors (Lipinski definition) is 4. The van der Waals surface area contributed by atoms with Gasteiger partial charge in [-0.2, -0.15) is 0 Å². The molecule has 0 aliphatic carbocycles. The van der Waals surface area contributed by atoms with E-state index >= 15 is 0 Å². The molecule has 294 valence electrons. The number of para-hydroxylation sites is 2. The van der Waals surface area contributed by atoms with Gasteiger partial charge >= 0.3 is 0 Å². The first-order valence-electron chi connectivity index (χ1n) is 21.3. The summed E-state index contributed by atoms with van der Waals surface area (Å²) in [6, 6.07) is 66.4. The average Bonchev–Trinajstić information content (AvgIpc) is 3.99. The zero-order chi connectivity index (χ0) is 41.3. The van der Waals surface area contributed by atoms with E-state index in [4.69, 9.17) is 8.83 Å². The van der Waals surface area contributed by atoms with Gasteiger partial charge in [0.15, 0.2) is 0 Å². The van der Waals surface area contributed by atoms with Crippen LogP contribution in [0.5, 0.6) is 0 Å². The Morgan fingerprint density at radius 1 is 0.403 bits per heavy atom. The van der Waals surface area contributed by atoms with Crippen molar-refractivity contribution in [1.29, 1.82) is 0 Å². The van der Waals surface area contributed by atoms with Crippen molar-refractivity contribution in [3.63, 3.8) is 0 Å². The van der Waals surface area contributed by atoms with Gasteiger partial charge in [0, 0.05) is 54.0 Å². The number of nitrogens with zero attached hydrogens (tertiary/aromatic N) is 1. The van der Waals surface area contributed by atoms with Gasteiger partial charge < -0.3 is 13.7 Å². The Morgan fingerprint density at radius 3 is 1.65 bits per heavy atom. The fraction of sp³-hybridized carbons (Fsp3) is 0.0690. The lowest BCUT2D eigenvalue weighted by molar-refractivity contribution is 0.590. The second-order valence-electron chi connectivity index (χ2n) is 17.6. The molecule has 0 aliphatic rings. The zero-order valence-electron chi connectivity index (χ0n) is 34.5. The summed E-state index contributed by atoms with van der Waals surface area (Å²) in [4.78, 5) is 2.43. The van der Waals surface area contributed by atoms with Gasteiger partial charge in [0.1, 0.15) is 22.3 Å². The number of rotatable bonds is 4. The summed E-state index contributed by atoms with van der Waals surface area (Å²) in [6.45, 7) is 6.76. The highest BCUT2D eigenvalue weighted by Crippen LogP contribution is 2.49. The third kappa shape index (κ3) is 5.23. The standard InChI is InChI=1S/C58H39NO2S/c1-58(2,3)35-24-22-34(23-25-35)38-17-10-18-44-49-31-37(27-29-54(49)61-56(38)44)59(36-26-28-53-48(30-36)43-16-8-9-21-52(43)60-53)51-20-11-19-45-50-32-46-41-14-6-4-12-39(41)40-13-5-7-15-42(40)47(46)33-55(50)62-57(45)51/h4-33H,1-3H3. The topological polar surface area (TPSA) is 29.5 Å². The van der Waals surface area contributed by atoms with Crippen LogP contribution in [0.1, 0.15) is 26.3 Å². The molecule has 62 heavy (non-hydrogen) atoms. The van der Waals surface area contributed by atoms with Gasteiger partial charge in [0.25, 0.3) is 0 Å². The van der Waals surface area contributed by atoms with Crippen LogP contribution >= 0.6 is 11.3 Å². The van der Waals surface area contributed by atoms with Gasteiger partial charge in [0.2, 0.25) is 0 Å². The van der Waals surface area contributed by atoms with E-state index in [9.17, 15) is 0 Å². The number of benzene rings is 10. The largest absolute Gasteiger partial charge is 0.456 e. The molecule has 0 aliphatic heterocycles. The quantitative estimate of drug-likeness (QED) is 0.166. The van der Waals surface area contributed by atoms with E-state index in [0.717, 1.165) is 72.1 Å². The van der Waals surface area contributed by atoms with Crippen molar-refractivity contribution < 1.29 is 8.83 Å². The minimum absolute atomic E-state index is 0.0828. The Morgan fingerprint density at radius 2 is 0.952 bits per heavy atom. The van der Waals surface area contributed by atoms with Gasteiger partial charge in [-0.15, -0.1) is 11.3 Å². The molecule has 3 nitrogen and oxygen atoms in total. The minimum Gasteiger partial charge on any atom is -0.456 e. The molecule has 0 bridgehead atoms. The van der Waals surface area contributed by atoms with Crippen molar-refractivity contribution in [3.8, 4) is 11.1 Å². The highest BCUT2D eigenvalue weighted by Gasteiger charge is 2.23. The Kier molecular flexibility index (Phi) is 7.44. The lowest BCUT2D eigenvalue weighted by Crippen LogP contribution is -2.10. The smallest absolute Gasteiger partial charge is 0.143 e. The maximum atomic E-state index is 6.76. The average molecular weight is 814 g/mol. The Balaban J connectivity index is 1.05. The number of furan rings is 2. The zero-order valence-corrected chi connectivity index (χ0v) is 35.3. The van der Waals surface area contributed by atoms with Crippen LogP contribution in [0.2, 0.25) is 0 Å². The predicted octanol–water partition coefficient (Wildman–Crippen LogP) is 17.7. The lowest BCUT2D eigenvalue weighted by Gasteiger charge is -2.26. The highest BCUT2D eigenvalue weighted by atomic mass is 32.1. The van der Waals surface area contributed by atoms with E-state index in [1.807, 2.05) is 23.5 Å². The number of fused-ring (bicyclic) bond motifs is 15. The molecule has 0 amide bonds. The fourth-order valence-corrected chi connectivity index (χ4v) is 11.2. The molecule has 0 spiro atoms. The molecule has 13 aromatic rings. The molecule has 13 rings (SSSR count). The normalized spacial score (nSPS) is 12.4. The van der Waals surface area contributed by atoms with Gasteiger partial charge in [-0.3, -0.25) is 0 Å². The summed E-state index contributed by atoms with van der Waals surface area (Å²) in [6.07, 6.45) is 0. The lowest BCUT2D eigenvalue weighted by atomic mass is 9.86. The van der Waals surface area contributed by atoms with E-state index < -0.39 is 0 Å². The summed E-state index contributed by atoms with van der Waals surface area (Å²) in [5.74, 6) is 0.